The van der Waals surface area contributed by atoms with Crippen molar-refractivity contribution >= 4 is 7.82 Å². The summed E-state index contributed by atoms with van der Waals surface area (Å²) >= 11 is 0. The molecule has 0 aliphatic heterocycles. The fourth-order valence-electron chi connectivity index (χ4n) is 0.134. The van der Waals surface area contributed by atoms with Crippen molar-refractivity contribution in [3.63, 3.8) is 0 Å². The van der Waals surface area contributed by atoms with Crippen LogP contribution in [0, 0.1) is 0 Å². The van der Waals surface area contributed by atoms with Crippen LogP contribution in [0.25, 0.3) is 0 Å². The first kappa shape index (κ1) is 8.55. The van der Waals surface area contributed by atoms with Gasteiger partial charge < -0.3 is 4.52 Å². The maximum Gasteiger partial charge on any atom is 0.526 e. The standard InChI is InChI=1S/C2H3F2O4P/c3-1-2(4)8-9(5,6)7/h1H,(H2,5,6,7). The zero-order valence-electron chi connectivity index (χ0n) is 3.99. The van der Waals surface area contributed by atoms with Gasteiger partial charge in [0.1, 0.15) is 0 Å². The van der Waals surface area contributed by atoms with E-state index in [2.05, 4.69) is 4.52 Å². The van der Waals surface area contributed by atoms with E-state index in [1.165, 1.54) is 0 Å². The molecule has 0 radical (unpaired) electrons. The molecule has 0 aromatic carbocycles. The first-order chi connectivity index (χ1) is 3.95. The molecule has 2 N–H and O–H groups in total. The SMILES string of the molecule is O=P(O)(O)OC(F)=CF. The summed E-state index contributed by atoms with van der Waals surface area (Å²) in [4.78, 5) is 15.5. The molecule has 0 saturated heterocycles. The molecule has 0 saturated carbocycles. The fourth-order valence-corrected chi connectivity index (χ4v) is 0.401. The Kier molecular flexibility index (Phi) is 2.76. The van der Waals surface area contributed by atoms with E-state index in [0.29, 0.717) is 0 Å². The lowest BCUT2D eigenvalue weighted by molar-refractivity contribution is 0.195. The van der Waals surface area contributed by atoms with Gasteiger partial charge in [-0.1, -0.05) is 0 Å². The minimum absolute atomic E-state index is 0.695. The van der Waals surface area contributed by atoms with Gasteiger partial charge in [-0.3, -0.25) is 9.79 Å². The molecule has 0 rings (SSSR count). The van der Waals surface area contributed by atoms with Gasteiger partial charge in [-0.2, -0.15) is 4.39 Å². The predicted molar refractivity (Wildman–Crippen MR) is 23.4 cm³/mol. The molecule has 0 unspecified atom stereocenters. The largest absolute Gasteiger partial charge is 0.526 e. The summed E-state index contributed by atoms with van der Waals surface area (Å²) < 4.78 is 35.0. The van der Waals surface area contributed by atoms with Crippen LogP contribution in [0.3, 0.4) is 0 Å². The van der Waals surface area contributed by atoms with E-state index in [9.17, 15) is 13.3 Å². The van der Waals surface area contributed by atoms with Crippen LogP contribution in [0.5, 0.6) is 0 Å². The first-order valence-electron chi connectivity index (χ1n) is 1.67. The third kappa shape index (κ3) is 5.42. The van der Waals surface area contributed by atoms with Gasteiger partial charge in [0.25, 0.3) is 0 Å². The smallest absolute Gasteiger partial charge is 0.374 e. The Morgan fingerprint density at radius 2 is 2.11 bits per heavy atom. The average Bonchev–Trinajstić information content (AvgIpc) is 1.62. The van der Waals surface area contributed by atoms with Crippen LogP contribution in [-0.4, -0.2) is 9.79 Å². The molecule has 7 heteroatoms. The second kappa shape index (κ2) is 2.91. The molecule has 0 spiro atoms. The molecule has 0 aromatic rings. The minimum Gasteiger partial charge on any atom is -0.374 e. The monoisotopic (exact) mass is 160 g/mol. The molecule has 4 nitrogen and oxygen atoms in total. The summed E-state index contributed by atoms with van der Waals surface area (Å²) in [5, 5.41) is 0. The van der Waals surface area contributed by atoms with Crippen LogP contribution in [-0.2, 0) is 9.09 Å². The molecule has 9 heavy (non-hydrogen) atoms. The van der Waals surface area contributed by atoms with Gasteiger partial charge >= 0.3 is 13.8 Å². The summed E-state index contributed by atoms with van der Waals surface area (Å²) in [6, 6.07) is -1.94. The van der Waals surface area contributed by atoms with Crippen LogP contribution in [0.2, 0.25) is 0 Å². The van der Waals surface area contributed by atoms with Crippen molar-refractivity contribution in [3.05, 3.63) is 12.3 Å². The maximum atomic E-state index is 11.4. The van der Waals surface area contributed by atoms with Crippen molar-refractivity contribution in [1.29, 1.82) is 0 Å². The van der Waals surface area contributed by atoms with E-state index >= 15 is 0 Å². The highest BCUT2D eigenvalue weighted by atomic mass is 31.2. The average molecular weight is 160 g/mol. The third-order valence-corrected chi connectivity index (χ3v) is 0.704. The maximum absolute atomic E-state index is 11.4. The predicted octanol–water partition coefficient (Wildman–Crippen LogP) is 0.834. The lowest BCUT2D eigenvalue weighted by Gasteiger charge is -2.00. The van der Waals surface area contributed by atoms with Crippen LogP contribution in [0.1, 0.15) is 0 Å². The number of rotatable bonds is 2. The Morgan fingerprint density at radius 3 is 2.22 bits per heavy atom. The second-order valence-corrected chi connectivity index (χ2v) is 2.16. The van der Waals surface area contributed by atoms with Gasteiger partial charge in [0.05, 0.1) is 0 Å². The fraction of sp³-hybridized carbons (Fsp3) is 0. The topological polar surface area (TPSA) is 66.8 Å². The summed E-state index contributed by atoms with van der Waals surface area (Å²) in [6.45, 7) is 0. The highest BCUT2D eigenvalue weighted by molar-refractivity contribution is 7.46. The van der Waals surface area contributed by atoms with Crippen LogP contribution < -0.4 is 0 Å². The Morgan fingerprint density at radius 1 is 1.67 bits per heavy atom. The van der Waals surface area contributed by atoms with Gasteiger partial charge in [-0.15, -0.1) is 0 Å². The number of hydrogen-bond acceptors (Lipinski definition) is 2. The van der Waals surface area contributed by atoms with Gasteiger partial charge in [0.15, 0.2) is 6.33 Å². The molecule has 0 aliphatic rings. The van der Waals surface area contributed by atoms with E-state index in [4.69, 9.17) is 9.79 Å². The second-order valence-electron chi connectivity index (χ2n) is 0.995. The molecule has 0 heterocycles. The lowest BCUT2D eigenvalue weighted by atomic mass is 11.1. The zero-order valence-corrected chi connectivity index (χ0v) is 4.89. The Labute approximate surface area is 49.0 Å². The Bertz CT molecular complexity index is 160. The normalized spacial score (nSPS) is 13.6. The lowest BCUT2D eigenvalue weighted by Crippen LogP contribution is -1.82. The van der Waals surface area contributed by atoms with E-state index in [1.54, 1.807) is 0 Å². The molecular weight excluding hydrogens is 157 g/mol. The van der Waals surface area contributed by atoms with Crippen molar-refractivity contribution < 1.29 is 27.7 Å². The highest BCUT2D eigenvalue weighted by Crippen LogP contribution is 2.38. The molecule has 0 aromatic heterocycles. The quantitative estimate of drug-likeness (QED) is 0.463. The van der Waals surface area contributed by atoms with E-state index in [1.807, 2.05) is 0 Å². The summed E-state index contributed by atoms with van der Waals surface area (Å²) in [7, 11) is -4.92. The van der Waals surface area contributed by atoms with Crippen molar-refractivity contribution in [2.75, 3.05) is 0 Å². The summed E-state index contributed by atoms with van der Waals surface area (Å²) in [5.41, 5.74) is 0. The van der Waals surface area contributed by atoms with Crippen molar-refractivity contribution in [3.8, 4) is 0 Å². The van der Waals surface area contributed by atoms with Gasteiger partial charge in [-0.05, 0) is 0 Å². The molecule has 0 fully saturated rings. The van der Waals surface area contributed by atoms with Crippen molar-refractivity contribution in [2.45, 2.75) is 0 Å². The molecule has 0 bridgehead atoms. The van der Waals surface area contributed by atoms with Gasteiger partial charge in [0, 0.05) is 0 Å². The molecule has 0 atom stereocenters. The zero-order chi connectivity index (χ0) is 7.49. The Hall–Kier alpha value is -0.450. The number of halogens is 2. The first-order valence-corrected chi connectivity index (χ1v) is 3.20. The molecule has 0 amide bonds. The molecule has 0 aliphatic carbocycles. The van der Waals surface area contributed by atoms with Crippen LogP contribution >= 0.6 is 7.82 Å². The third-order valence-electron chi connectivity index (χ3n) is 0.292. The van der Waals surface area contributed by atoms with Crippen LogP contribution in [0.4, 0.5) is 8.78 Å². The van der Waals surface area contributed by atoms with E-state index < -0.39 is 20.2 Å². The van der Waals surface area contributed by atoms with Crippen molar-refractivity contribution in [1.82, 2.24) is 0 Å². The summed E-state index contributed by atoms with van der Waals surface area (Å²) in [6.07, 6.45) is -0.695. The van der Waals surface area contributed by atoms with Gasteiger partial charge in [-0.25, -0.2) is 8.96 Å². The highest BCUT2D eigenvalue weighted by Gasteiger charge is 2.17. The molecular formula is C2H3F2O4P. The van der Waals surface area contributed by atoms with Crippen LogP contribution in [0.15, 0.2) is 12.3 Å². The number of phosphoric ester groups is 1. The van der Waals surface area contributed by atoms with E-state index in [0.717, 1.165) is 0 Å². The van der Waals surface area contributed by atoms with Crippen molar-refractivity contribution in [2.24, 2.45) is 0 Å². The molecule has 54 valence electrons. The summed E-state index contributed by atoms with van der Waals surface area (Å²) in [5.74, 6) is 0. The Balaban J connectivity index is 3.90. The number of hydrogen-bond donors (Lipinski definition) is 2. The van der Waals surface area contributed by atoms with Gasteiger partial charge in [0.2, 0.25) is 0 Å². The number of phosphoric acid groups is 1. The van der Waals surface area contributed by atoms with E-state index in [-0.39, 0.29) is 0 Å². The minimum atomic E-state index is -4.92.